The maximum Gasteiger partial charge on any atom is 0.411 e. The number of carbonyl (C=O) groups is 3. The van der Waals surface area contributed by atoms with E-state index in [4.69, 9.17) is 14.9 Å². The minimum atomic E-state index is -1.42. The lowest BCUT2D eigenvalue weighted by atomic mass is 10.1. The second-order valence-electron chi connectivity index (χ2n) is 5.48. The Balaban J connectivity index is 5.12. The molecule has 0 aliphatic carbocycles. The summed E-state index contributed by atoms with van der Waals surface area (Å²) in [7, 11) is 0. The van der Waals surface area contributed by atoms with Crippen molar-refractivity contribution in [3.8, 4) is 0 Å². The standard InChI is InChI=1S/C13H23NO6/c1-5-6-7-14(12(19)20-13(2,3)4)9(11(17)18)8-10(15)16/h9H,5-8H2,1-4H3,(H,15,16)(H,17,18). The highest BCUT2D eigenvalue weighted by Crippen LogP contribution is 2.15. The molecule has 0 fully saturated rings. The molecular formula is C13H23NO6. The number of amides is 1. The van der Waals surface area contributed by atoms with Crippen LogP contribution in [0.4, 0.5) is 4.79 Å². The zero-order chi connectivity index (χ0) is 15.9. The molecule has 0 radical (unpaired) electrons. The van der Waals surface area contributed by atoms with Gasteiger partial charge in [0.15, 0.2) is 0 Å². The maximum atomic E-state index is 12.0. The van der Waals surface area contributed by atoms with Crippen molar-refractivity contribution >= 4 is 18.0 Å². The van der Waals surface area contributed by atoms with Gasteiger partial charge in [-0.15, -0.1) is 0 Å². The molecule has 0 aromatic carbocycles. The van der Waals surface area contributed by atoms with E-state index < -0.39 is 36.1 Å². The molecule has 7 nitrogen and oxygen atoms in total. The summed E-state index contributed by atoms with van der Waals surface area (Å²) in [5.74, 6) is -2.63. The Morgan fingerprint density at radius 2 is 1.75 bits per heavy atom. The third-order valence-corrected chi connectivity index (χ3v) is 2.41. The van der Waals surface area contributed by atoms with Gasteiger partial charge >= 0.3 is 18.0 Å². The first-order chi connectivity index (χ1) is 9.08. The Hall–Kier alpha value is -1.79. The monoisotopic (exact) mass is 289 g/mol. The van der Waals surface area contributed by atoms with Crippen LogP contribution in [0.15, 0.2) is 0 Å². The normalized spacial score (nSPS) is 12.6. The van der Waals surface area contributed by atoms with Crippen molar-refractivity contribution in [3.63, 3.8) is 0 Å². The first-order valence-electron chi connectivity index (χ1n) is 6.52. The third kappa shape index (κ3) is 6.96. The molecule has 1 amide bonds. The molecule has 0 saturated heterocycles. The van der Waals surface area contributed by atoms with E-state index >= 15 is 0 Å². The quantitative estimate of drug-likeness (QED) is 0.742. The van der Waals surface area contributed by atoms with Gasteiger partial charge in [-0.05, 0) is 27.2 Å². The average molecular weight is 289 g/mol. The van der Waals surface area contributed by atoms with Crippen LogP contribution >= 0.6 is 0 Å². The molecule has 1 unspecified atom stereocenters. The molecule has 0 aromatic rings. The maximum absolute atomic E-state index is 12.0. The van der Waals surface area contributed by atoms with E-state index in [1.807, 2.05) is 6.92 Å². The summed E-state index contributed by atoms with van der Waals surface area (Å²) in [5, 5.41) is 17.9. The van der Waals surface area contributed by atoms with Gasteiger partial charge in [-0.2, -0.15) is 0 Å². The molecule has 0 spiro atoms. The second-order valence-corrected chi connectivity index (χ2v) is 5.48. The third-order valence-electron chi connectivity index (χ3n) is 2.41. The van der Waals surface area contributed by atoms with Crippen LogP contribution in [0.5, 0.6) is 0 Å². The van der Waals surface area contributed by atoms with E-state index in [1.54, 1.807) is 20.8 Å². The number of rotatable bonds is 7. The van der Waals surface area contributed by atoms with Crippen molar-refractivity contribution in [1.29, 1.82) is 0 Å². The first kappa shape index (κ1) is 18.2. The average Bonchev–Trinajstić information content (AvgIpc) is 2.24. The van der Waals surface area contributed by atoms with Crippen molar-refractivity contribution in [2.45, 2.75) is 58.6 Å². The number of hydrogen-bond acceptors (Lipinski definition) is 4. The molecule has 0 bridgehead atoms. The second kappa shape index (κ2) is 7.72. The lowest BCUT2D eigenvalue weighted by Gasteiger charge is -2.30. The fourth-order valence-electron chi connectivity index (χ4n) is 1.52. The lowest BCUT2D eigenvalue weighted by molar-refractivity contribution is -0.149. The molecule has 1 atom stereocenters. The summed E-state index contributed by atoms with van der Waals surface area (Å²) >= 11 is 0. The molecule has 0 aromatic heterocycles. The van der Waals surface area contributed by atoms with E-state index in [1.165, 1.54) is 0 Å². The van der Waals surface area contributed by atoms with Crippen molar-refractivity contribution in [1.82, 2.24) is 4.90 Å². The zero-order valence-electron chi connectivity index (χ0n) is 12.4. The van der Waals surface area contributed by atoms with E-state index in [0.29, 0.717) is 6.42 Å². The lowest BCUT2D eigenvalue weighted by Crippen LogP contribution is -2.48. The highest BCUT2D eigenvalue weighted by atomic mass is 16.6. The van der Waals surface area contributed by atoms with Gasteiger partial charge < -0.3 is 14.9 Å². The SMILES string of the molecule is CCCCN(C(=O)OC(C)(C)C)C(CC(=O)O)C(=O)O. The predicted octanol–water partition coefficient (Wildman–Crippen LogP) is 1.95. The molecule has 0 rings (SSSR count). The summed E-state index contributed by atoms with van der Waals surface area (Å²) in [4.78, 5) is 35.0. The number of ether oxygens (including phenoxy) is 1. The zero-order valence-corrected chi connectivity index (χ0v) is 12.4. The van der Waals surface area contributed by atoms with Crippen LogP contribution < -0.4 is 0 Å². The van der Waals surface area contributed by atoms with Crippen LogP contribution in [0.3, 0.4) is 0 Å². The minimum Gasteiger partial charge on any atom is -0.481 e. The van der Waals surface area contributed by atoms with E-state index in [0.717, 1.165) is 11.3 Å². The smallest absolute Gasteiger partial charge is 0.411 e. The molecule has 116 valence electrons. The Morgan fingerprint density at radius 3 is 2.10 bits per heavy atom. The number of carboxylic acid groups (broad SMARTS) is 2. The molecule has 0 aliphatic rings. The Bertz CT molecular complexity index is 360. The van der Waals surface area contributed by atoms with Gasteiger partial charge in [-0.1, -0.05) is 13.3 Å². The number of nitrogens with zero attached hydrogens (tertiary/aromatic N) is 1. The number of aliphatic carboxylic acids is 2. The van der Waals surface area contributed by atoms with Crippen molar-refractivity contribution in [2.75, 3.05) is 6.54 Å². The van der Waals surface area contributed by atoms with Crippen LogP contribution in [0, 0.1) is 0 Å². The van der Waals surface area contributed by atoms with E-state index in [9.17, 15) is 14.4 Å². The summed E-state index contributed by atoms with van der Waals surface area (Å²) in [6.45, 7) is 7.03. The van der Waals surface area contributed by atoms with Crippen LogP contribution in [0.1, 0.15) is 47.0 Å². The predicted molar refractivity (Wildman–Crippen MR) is 71.5 cm³/mol. The number of unbranched alkanes of at least 4 members (excludes halogenated alkanes) is 1. The largest absolute Gasteiger partial charge is 0.481 e. The Labute approximate surface area is 118 Å². The van der Waals surface area contributed by atoms with Crippen molar-refractivity contribution in [3.05, 3.63) is 0 Å². The number of hydrogen-bond donors (Lipinski definition) is 2. The highest BCUT2D eigenvalue weighted by molar-refractivity contribution is 5.84. The Morgan fingerprint density at radius 1 is 1.20 bits per heavy atom. The van der Waals surface area contributed by atoms with Gasteiger partial charge in [0.25, 0.3) is 0 Å². The summed E-state index contributed by atoms with van der Waals surface area (Å²) in [6.07, 6.45) is -0.140. The Kier molecular flexibility index (Phi) is 7.02. The molecule has 0 saturated carbocycles. The van der Waals surface area contributed by atoms with E-state index in [2.05, 4.69) is 0 Å². The van der Waals surface area contributed by atoms with Gasteiger partial charge in [-0.25, -0.2) is 9.59 Å². The molecular weight excluding hydrogens is 266 g/mol. The van der Waals surface area contributed by atoms with Crippen molar-refractivity contribution in [2.24, 2.45) is 0 Å². The summed E-state index contributed by atoms with van der Waals surface area (Å²) in [5.41, 5.74) is -0.770. The van der Waals surface area contributed by atoms with Crippen LogP contribution in [-0.4, -0.2) is 51.3 Å². The topological polar surface area (TPSA) is 104 Å². The molecule has 20 heavy (non-hydrogen) atoms. The fraction of sp³-hybridized carbons (Fsp3) is 0.769. The minimum absolute atomic E-state index is 0.148. The van der Waals surface area contributed by atoms with Gasteiger partial charge in [0, 0.05) is 6.54 Å². The van der Waals surface area contributed by atoms with Crippen LogP contribution in [-0.2, 0) is 14.3 Å². The number of carboxylic acids is 2. The molecule has 2 N–H and O–H groups in total. The van der Waals surface area contributed by atoms with E-state index in [-0.39, 0.29) is 6.54 Å². The van der Waals surface area contributed by atoms with Crippen LogP contribution in [0.2, 0.25) is 0 Å². The van der Waals surface area contributed by atoms with Gasteiger partial charge in [0.05, 0.1) is 6.42 Å². The van der Waals surface area contributed by atoms with Gasteiger partial charge in [0.1, 0.15) is 11.6 Å². The molecule has 7 heteroatoms. The molecule has 0 heterocycles. The first-order valence-corrected chi connectivity index (χ1v) is 6.52. The summed E-state index contributed by atoms with van der Waals surface area (Å²) in [6, 6.07) is -1.42. The van der Waals surface area contributed by atoms with Gasteiger partial charge in [-0.3, -0.25) is 9.69 Å². The van der Waals surface area contributed by atoms with Crippen molar-refractivity contribution < 1.29 is 29.3 Å². The fourth-order valence-corrected chi connectivity index (χ4v) is 1.52. The highest BCUT2D eigenvalue weighted by Gasteiger charge is 2.34. The van der Waals surface area contributed by atoms with Gasteiger partial charge in [0.2, 0.25) is 0 Å². The van der Waals surface area contributed by atoms with Crippen LogP contribution in [0.25, 0.3) is 0 Å². The number of carbonyl (C=O) groups excluding carboxylic acids is 1. The molecule has 0 aliphatic heterocycles. The summed E-state index contributed by atoms with van der Waals surface area (Å²) < 4.78 is 5.14.